The Balaban J connectivity index is 1.35. The van der Waals surface area contributed by atoms with Crippen LogP contribution in [0.25, 0.3) is 0 Å². The molecular formula is C30H37NO5S. The molecule has 0 radical (unpaired) electrons. The van der Waals surface area contributed by atoms with Crippen LogP contribution in [0.2, 0.25) is 0 Å². The standard InChI is InChI=1S/C30H37NO5S/c1-34-18-19-35-28-17-16-27(30(21-28)36-23-24-14-15-24)13-8-20-37(32,33)31-22-29(25-9-4-2-5-10-25)26-11-6-3-7-12-26/h2-7,9-12,16-17,21,24,29,31H,8,13-15,18-20,22-23H2,1H3. The largest absolute Gasteiger partial charge is 0.493 e. The van der Waals surface area contributed by atoms with Crippen molar-refractivity contribution in [3.8, 4) is 11.5 Å². The van der Waals surface area contributed by atoms with Gasteiger partial charge in [-0.15, -0.1) is 0 Å². The molecule has 0 saturated heterocycles. The van der Waals surface area contributed by atoms with Crippen LogP contribution >= 0.6 is 0 Å². The number of rotatable bonds is 16. The van der Waals surface area contributed by atoms with Crippen LogP contribution in [0.4, 0.5) is 0 Å². The highest BCUT2D eigenvalue weighted by atomic mass is 32.2. The van der Waals surface area contributed by atoms with E-state index in [0.29, 0.717) is 45.1 Å². The van der Waals surface area contributed by atoms with Gasteiger partial charge in [0.2, 0.25) is 10.0 Å². The second-order valence-electron chi connectivity index (χ2n) is 9.51. The van der Waals surface area contributed by atoms with Crippen LogP contribution in [0.3, 0.4) is 0 Å². The zero-order valence-corrected chi connectivity index (χ0v) is 22.3. The summed E-state index contributed by atoms with van der Waals surface area (Å²) < 4.78 is 45.6. The third-order valence-electron chi connectivity index (χ3n) is 6.54. The van der Waals surface area contributed by atoms with Gasteiger partial charge in [0, 0.05) is 25.6 Å². The molecule has 1 aliphatic rings. The van der Waals surface area contributed by atoms with Gasteiger partial charge in [-0.3, -0.25) is 0 Å². The Bertz CT molecular complexity index is 1160. The molecule has 0 aliphatic heterocycles. The van der Waals surface area contributed by atoms with Gasteiger partial charge in [0.25, 0.3) is 0 Å². The molecule has 1 saturated carbocycles. The van der Waals surface area contributed by atoms with Crippen LogP contribution in [0.15, 0.2) is 78.9 Å². The highest BCUT2D eigenvalue weighted by Crippen LogP contribution is 2.32. The molecule has 0 atom stereocenters. The van der Waals surface area contributed by atoms with E-state index in [1.165, 1.54) is 12.8 Å². The van der Waals surface area contributed by atoms with Crippen molar-refractivity contribution < 1.29 is 22.6 Å². The molecule has 0 unspecified atom stereocenters. The number of hydrogen-bond donors (Lipinski definition) is 1. The Labute approximate surface area is 221 Å². The first-order valence-corrected chi connectivity index (χ1v) is 14.6. The molecule has 7 heteroatoms. The normalized spacial score (nSPS) is 13.6. The van der Waals surface area contributed by atoms with E-state index in [2.05, 4.69) is 4.72 Å². The van der Waals surface area contributed by atoms with Gasteiger partial charge in [0.15, 0.2) is 0 Å². The van der Waals surface area contributed by atoms with E-state index >= 15 is 0 Å². The maximum atomic E-state index is 12.9. The fourth-order valence-electron chi connectivity index (χ4n) is 4.23. The monoisotopic (exact) mass is 523 g/mol. The molecule has 3 aromatic rings. The highest BCUT2D eigenvalue weighted by Gasteiger charge is 2.23. The molecule has 4 rings (SSSR count). The van der Waals surface area contributed by atoms with E-state index in [0.717, 1.165) is 28.2 Å². The maximum Gasteiger partial charge on any atom is 0.211 e. The number of hydrogen-bond acceptors (Lipinski definition) is 5. The van der Waals surface area contributed by atoms with E-state index in [4.69, 9.17) is 14.2 Å². The number of benzene rings is 3. The van der Waals surface area contributed by atoms with Crippen molar-refractivity contribution in [1.82, 2.24) is 4.72 Å². The maximum absolute atomic E-state index is 12.9. The molecule has 37 heavy (non-hydrogen) atoms. The average molecular weight is 524 g/mol. The molecule has 1 aliphatic carbocycles. The van der Waals surface area contributed by atoms with Crippen LogP contribution in [0.1, 0.15) is 41.9 Å². The summed E-state index contributed by atoms with van der Waals surface area (Å²) in [5.41, 5.74) is 3.17. The molecule has 0 spiro atoms. The topological polar surface area (TPSA) is 73.9 Å². The fourth-order valence-corrected chi connectivity index (χ4v) is 5.32. The highest BCUT2D eigenvalue weighted by molar-refractivity contribution is 7.89. The van der Waals surface area contributed by atoms with Gasteiger partial charge >= 0.3 is 0 Å². The van der Waals surface area contributed by atoms with Crippen LogP contribution in [0.5, 0.6) is 11.5 Å². The van der Waals surface area contributed by atoms with Gasteiger partial charge < -0.3 is 14.2 Å². The average Bonchev–Trinajstić information content (AvgIpc) is 3.74. The smallest absolute Gasteiger partial charge is 0.211 e. The number of aryl methyl sites for hydroxylation is 1. The molecule has 0 heterocycles. The minimum absolute atomic E-state index is 0.0507. The van der Waals surface area contributed by atoms with E-state index < -0.39 is 10.0 Å². The zero-order chi connectivity index (χ0) is 25.9. The lowest BCUT2D eigenvalue weighted by molar-refractivity contribution is 0.146. The van der Waals surface area contributed by atoms with Crippen molar-refractivity contribution in [1.29, 1.82) is 0 Å². The molecule has 6 nitrogen and oxygen atoms in total. The third kappa shape index (κ3) is 8.88. The molecule has 3 aromatic carbocycles. The Morgan fingerprint density at radius 2 is 1.57 bits per heavy atom. The lowest BCUT2D eigenvalue weighted by atomic mass is 9.92. The molecule has 1 N–H and O–H groups in total. The van der Waals surface area contributed by atoms with Gasteiger partial charge in [-0.2, -0.15) is 0 Å². The minimum atomic E-state index is -3.44. The first-order chi connectivity index (χ1) is 18.0. The summed E-state index contributed by atoms with van der Waals surface area (Å²) in [6, 6.07) is 25.8. The van der Waals surface area contributed by atoms with Gasteiger partial charge in [-0.05, 0) is 54.4 Å². The van der Waals surface area contributed by atoms with Gasteiger partial charge in [0.05, 0.1) is 19.0 Å². The second kappa shape index (κ2) is 13.6. The number of sulfonamides is 1. The molecule has 198 valence electrons. The number of nitrogens with one attached hydrogen (secondary N) is 1. The summed E-state index contributed by atoms with van der Waals surface area (Å²) in [6.07, 6.45) is 3.52. The van der Waals surface area contributed by atoms with Crippen LogP contribution in [-0.2, 0) is 21.2 Å². The van der Waals surface area contributed by atoms with Crippen molar-refractivity contribution in [3.63, 3.8) is 0 Å². The van der Waals surface area contributed by atoms with Crippen molar-refractivity contribution in [2.45, 2.75) is 31.6 Å². The van der Waals surface area contributed by atoms with Crippen LogP contribution < -0.4 is 14.2 Å². The van der Waals surface area contributed by atoms with Crippen molar-refractivity contribution in [3.05, 3.63) is 95.6 Å². The molecule has 0 bridgehead atoms. The minimum Gasteiger partial charge on any atom is -0.493 e. The number of methoxy groups -OCH3 is 1. The van der Waals surface area contributed by atoms with Crippen molar-refractivity contribution in [2.75, 3.05) is 39.2 Å². The molecule has 0 amide bonds. The predicted molar refractivity (Wildman–Crippen MR) is 147 cm³/mol. The molecular weight excluding hydrogens is 486 g/mol. The SMILES string of the molecule is COCCOc1ccc(CCCS(=O)(=O)NCC(c2ccccc2)c2ccccc2)c(OCC2CC2)c1. The summed E-state index contributed by atoms with van der Waals surface area (Å²) in [6.45, 7) is 1.99. The summed E-state index contributed by atoms with van der Waals surface area (Å²) in [5, 5.41) is 0. The predicted octanol–water partition coefficient (Wildman–Crippen LogP) is 5.18. The Kier molecular flexibility index (Phi) is 9.99. The summed E-state index contributed by atoms with van der Waals surface area (Å²) in [4.78, 5) is 0. The summed E-state index contributed by atoms with van der Waals surface area (Å²) in [7, 11) is -1.80. The number of ether oxygens (including phenoxy) is 3. The first-order valence-electron chi connectivity index (χ1n) is 13.0. The lowest BCUT2D eigenvalue weighted by Crippen LogP contribution is -2.31. The third-order valence-corrected chi connectivity index (χ3v) is 7.97. The Hall–Kier alpha value is -2.87. The van der Waals surface area contributed by atoms with Crippen molar-refractivity contribution >= 4 is 10.0 Å². The van der Waals surface area contributed by atoms with Gasteiger partial charge in [0.1, 0.15) is 18.1 Å². The first kappa shape index (κ1) is 27.2. The van der Waals surface area contributed by atoms with E-state index in [1.54, 1.807) is 7.11 Å². The van der Waals surface area contributed by atoms with Crippen molar-refractivity contribution in [2.24, 2.45) is 5.92 Å². The van der Waals surface area contributed by atoms with Crippen LogP contribution in [0, 0.1) is 5.92 Å². The van der Waals surface area contributed by atoms with Gasteiger partial charge in [-0.25, -0.2) is 13.1 Å². The Morgan fingerprint density at radius 1 is 0.892 bits per heavy atom. The second-order valence-corrected chi connectivity index (χ2v) is 11.4. The van der Waals surface area contributed by atoms with Gasteiger partial charge in [-0.1, -0.05) is 66.7 Å². The van der Waals surface area contributed by atoms with E-state index in [-0.39, 0.29) is 11.7 Å². The fraction of sp³-hybridized carbons (Fsp3) is 0.400. The molecule has 1 fully saturated rings. The summed E-state index contributed by atoms with van der Waals surface area (Å²) in [5.74, 6) is 2.13. The van der Waals surface area contributed by atoms with E-state index in [1.807, 2.05) is 78.9 Å². The Morgan fingerprint density at radius 3 is 2.19 bits per heavy atom. The quantitative estimate of drug-likeness (QED) is 0.262. The zero-order valence-electron chi connectivity index (χ0n) is 21.5. The summed E-state index contributed by atoms with van der Waals surface area (Å²) >= 11 is 0. The van der Waals surface area contributed by atoms with Crippen LogP contribution in [-0.4, -0.2) is 47.6 Å². The molecule has 0 aromatic heterocycles. The van der Waals surface area contributed by atoms with E-state index in [9.17, 15) is 8.42 Å². The lowest BCUT2D eigenvalue weighted by Gasteiger charge is -2.19.